The monoisotopic (exact) mass is 458 g/mol. The van der Waals surface area contributed by atoms with Crippen molar-refractivity contribution in [2.24, 2.45) is 0 Å². The topological polar surface area (TPSA) is 118 Å². The quantitative estimate of drug-likeness (QED) is 0.703. The van der Waals surface area contributed by atoms with Gasteiger partial charge in [0, 0.05) is 38.0 Å². The molecule has 0 radical (unpaired) electrons. The van der Waals surface area contributed by atoms with Gasteiger partial charge in [-0.3, -0.25) is 19.1 Å². The van der Waals surface area contributed by atoms with Gasteiger partial charge in [-0.25, -0.2) is 9.37 Å². The van der Waals surface area contributed by atoms with Crippen LogP contribution >= 0.6 is 0 Å². The van der Waals surface area contributed by atoms with Crippen molar-refractivity contribution in [3.8, 4) is 5.75 Å². The summed E-state index contributed by atoms with van der Waals surface area (Å²) in [5.74, 6) is -0.998. The lowest BCUT2D eigenvalue weighted by molar-refractivity contribution is -0.135. The van der Waals surface area contributed by atoms with Crippen molar-refractivity contribution in [2.75, 3.05) is 19.7 Å². The Morgan fingerprint density at radius 1 is 1.21 bits per heavy atom. The number of amides is 3. The number of ether oxygens (including phenoxy) is 1. The number of hydrogen-bond acceptors (Lipinski definition) is 6. The van der Waals surface area contributed by atoms with E-state index in [9.17, 15) is 18.8 Å². The number of halogens is 1. The fourth-order valence-corrected chi connectivity index (χ4v) is 4.39. The molecule has 3 amide bonds. The minimum atomic E-state index is -0.549. The van der Waals surface area contributed by atoms with Gasteiger partial charge in [0.2, 0.25) is 11.8 Å². The largest absolute Gasteiger partial charge is 0.491 e. The zero-order chi connectivity index (χ0) is 23.2. The van der Waals surface area contributed by atoms with Crippen LogP contribution in [-0.2, 0) is 16.1 Å². The molecule has 2 atom stereocenters. The highest BCUT2D eigenvalue weighted by Crippen LogP contribution is 2.28. The molecule has 11 heteroatoms. The van der Waals surface area contributed by atoms with Gasteiger partial charge in [0.05, 0.1) is 12.1 Å². The number of aromatic nitrogens is 3. The Kier molecular flexibility index (Phi) is 7.16. The molecule has 33 heavy (non-hydrogen) atoms. The van der Waals surface area contributed by atoms with Crippen LogP contribution in [0.3, 0.4) is 0 Å². The van der Waals surface area contributed by atoms with Gasteiger partial charge >= 0.3 is 0 Å². The number of nitrogens with one attached hydrogen (secondary N) is 2. The van der Waals surface area contributed by atoms with Gasteiger partial charge in [0.25, 0.3) is 5.91 Å². The summed E-state index contributed by atoms with van der Waals surface area (Å²) in [6.07, 6.45) is 5.45. The Morgan fingerprint density at radius 2 is 2.06 bits per heavy atom. The first-order chi connectivity index (χ1) is 16.0. The first-order valence-electron chi connectivity index (χ1n) is 11.1. The smallest absolute Gasteiger partial charge is 0.255 e. The molecule has 10 nitrogen and oxygen atoms in total. The minimum absolute atomic E-state index is 0.0634. The predicted molar refractivity (Wildman–Crippen MR) is 115 cm³/mol. The summed E-state index contributed by atoms with van der Waals surface area (Å²) in [6.45, 7) is 1.14. The SMILES string of the molecule is O=C1C[C@@H]2CC[C@H](CNC(=O)c3cc(F)ccc3OCCN1)N2C(=O)CCCn1cncn1. The van der Waals surface area contributed by atoms with E-state index in [-0.39, 0.29) is 61.3 Å². The molecule has 1 saturated heterocycles. The number of aryl methyl sites for hydroxylation is 1. The Hall–Kier alpha value is -3.50. The number of rotatable bonds is 4. The van der Waals surface area contributed by atoms with Gasteiger partial charge in [0.15, 0.2) is 0 Å². The summed E-state index contributed by atoms with van der Waals surface area (Å²) >= 11 is 0. The third-order valence-corrected chi connectivity index (χ3v) is 5.94. The second kappa shape index (κ2) is 10.4. The molecule has 0 aliphatic carbocycles. The summed E-state index contributed by atoms with van der Waals surface area (Å²) in [7, 11) is 0. The first-order valence-corrected chi connectivity index (χ1v) is 11.1. The van der Waals surface area contributed by atoms with E-state index >= 15 is 0 Å². The number of carbonyl (C=O) groups excluding carboxylic acids is 3. The molecule has 1 fully saturated rings. The zero-order valence-corrected chi connectivity index (χ0v) is 18.2. The van der Waals surface area contributed by atoms with E-state index in [1.807, 2.05) is 0 Å². The van der Waals surface area contributed by atoms with Crippen LogP contribution in [0.2, 0.25) is 0 Å². The molecular weight excluding hydrogens is 431 g/mol. The molecule has 2 bridgehead atoms. The lowest BCUT2D eigenvalue weighted by atomic mass is 10.1. The Balaban J connectivity index is 1.48. The maximum Gasteiger partial charge on any atom is 0.255 e. The highest BCUT2D eigenvalue weighted by atomic mass is 19.1. The lowest BCUT2D eigenvalue weighted by Gasteiger charge is -2.31. The lowest BCUT2D eigenvalue weighted by Crippen LogP contribution is -2.48. The number of fused-ring (bicyclic) bond motifs is 3. The Morgan fingerprint density at radius 3 is 2.88 bits per heavy atom. The predicted octanol–water partition coefficient (Wildman–Crippen LogP) is 0.886. The van der Waals surface area contributed by atoms with Gasteiger partial charge in [0.1, 0.15) is 30.8 Å². The van der Waals surface area contributed by atoms with Gasteiger partial charge in [-0.2, -0.15) is 5.10 Å². The molecule has 0 spiro atoms. The van der Waals surface area contributed by atoms with E-state index in [0.717, 1.165) is 6.07 Å². The molecule has 2 aliphatic rings. The van der Waals surface area contributed by atoms with Crippen molar-refractivity contribution >= 4 is 17.7 Å². The first kappa shape index (κ1) is 22.7. The van der Waals surface area contributed by atoms with E-state index in [1.165, 1.54) is 18.5 Å². The van der Waals surface area contributed by atoms with E-state index < -0.39 is 11.7 Å². The van der Waals surface area contributed by atoms with E-state index in [0.29, 0.717) is 32.2 Å². The van der Waals surface area contributed by atoms with E-state index in [2.05, 4.69) is 20.7 Å². The summed E-state index contributed by atoms with van der Waals surface area (Å²) in [5, 5.41) is 9.66. The van der Waals surface area contributed by atoms with E-state index in [1.54, 1.807) is 15.9 Å². The maximum absolute atomic E-state index is 13.8. The number of benzene rings is 1. The van der Waals surface area contributed by atoms with Crippen LogP contribution in [0.25, 0.3) is 0 Å². The summed E-state index contributed by atoms with van der Waals surface area (Å²) in [6, 6.07) is 3.26. The molecular formula is C22H27FN6O4. The molecule has 1 aromatic carbocycles. The summed E-state index contributed by atoms with van der Waals surface area (Å²) < 4.78 is 21.0. The average molecular weight is 458 g/mol. The fraction of sp³-hybridized carbons (Fsp3) is 0.500. The van der Waals surface area contributed by atoms with Gasteiger partial charge in [-0.05, 0) is 37.5 Å². The van der Waals surface area contributed by atoms with Crippen molar-refractivity contribution in [3.63, 3.8) is 0 Å². The van der Waals surface area contributed by atoms with Crippen LogP contribution in [0, 0.1) is 5.82 Å². The minimum Gasteiger partial charge on any atom is -0.491 e. The van der Waals surface area contributed by atoms with Crippen molar-refractivity contribution in [3.05, 3.63) is 42.2 Å². The molecule has 4 rings (SSSR count). The molecule has 2 N–H and O–H groups in total. The van der Waals surface area contributed by atoms with Gasteiger partial charge in [-0.15, -0.1) is 0 Å². The standard InChI is InChI=1S/C22H27FN6O4/c23-15-3-6-19-18(10-15)22(32)26-12-17-5-4-16(11-20(30)25-7-9-33-19)29(17)21(31)2-1-8-28-14-24-13-27-28/h3,6,10,13-14,16-17H,1-2,4-5,7-9,11-12H2,(H,25,30)(H,26,32)/t16-,17+/m0/s1. The molecule has 176 valence electrons. The average Bonchev–Trinajstić information content (AvgIpc) is 3.45. The third-order valence-electron chi connectivity index (χ3n) is 5.94. The molecule has 2 aliphatic heterocycles. The second-order valence-electron chi connectivity index (χ2n) is 8.20. The normalized spacial score (nSPS) is 21.4. The van der Waals surface area contributed by atoms with Gasteiger partial charge in [-0.1, -0.05) is 0 Å². The number of nitrogens with zero attached hydrogens (tertiary/aromatic N) is 4. The highest BCUT2D eigenvalue weighted by Gasteiger charge is 2.37. The highest BCUT2D eigenvalue weighted by molar-refractivity contribution is 5.97. The summed E-state index contributed by atoms with van der Waals surface area (Å²) in [5.41, 5.74) is 0.0821. The van der Waals surface area contributed by atoms with Crippen LogP contribution in [-0.4, -0.2) is 69.2 Å². The summed E-state index contributed by atoms with van der Waals surface area (Å²) in [4.78, 5) is 44.0. The fourth-order valence-electron chi connectivity index (χ4n) is 4.39. The second-order valence-corrected chi connectivity index (χ2v) is 8.20. The van der Waals surface area contributed by atoms with Crippen LogP contribution in [0.4, 0.5) is 4.39 Å². The molecule has 2 aromatic rings. The van der Waals surface area contributed by atoms with Crippen molar-refractivity contribution in [2.45, 2.75) is 50.7 Å². The maximum atomic E-state index is 13.8. The van der Waals surface area contributed by atoms with Crippen molar-refractivity contribution < 1.29 is 23.5 Å². The molecule has 0 saturated carbocycles. The van der Waals surface area contributed by atoms with Crippen molar-refractivity contribution in [1.29, 1.82) is 0 Å². The molecule has 0 unspecified atom stereocenters. The molecule has 1 aromatic heterocycles. The van der Waals surface area contributed by atoms with Crippen LogP contribution in [0.5, 0.6) is 5.75 Å². The zero-order valence-electron chi connectivity index (χ0n) is 18.2. The van der Waals surface area contributed by atoms with Crippen LogP contribution in [0.15, 0.2) is 30.9 Å². The van der Waals surface area contributed by atoms with Crippen molar-refractivity contribution in [1.82, 2.24) is 30.3 Å². The Labute approximate surface area is 190 Å². The Bertz CT molecular complexity index is 999. The molecule has 3 heterocycles. The van der Waals surface area contributed by atoms with E-state index in [4.69, 9.17) is 4.74 Å². The third kappa shape index (κ3) is 5.65. The number of carbonyl (C=O) groups is 3. The van der Waals surface area contributed by atoms with Crippen LogP contribution in [0.1, 0.15) is 42.5 Å². The van der Waals surface area contributed by atoms with Crippen LogP contribution < -0.4 is 15.4 Å². The van der Waals surface area contributed by atoms with Gasteiger partial charge < -0.3 is 20.3 Å². The number of hydrogen-bond donors (Lipinski definition) is 2.